The molecule has 1 aliphatic heterocycles. The van der Waals surface area contributed by atoms with Crippen LogP contribution in [-0.2, 0) is 30.9 Å². The second-order valence-electron chi connectivity index (χ2n) is 6.15. The molecule has 27 heavy (non-hydrogen) atoms. The van der Waals surface area contributed by atoms with E-state index in [-0.39, 0.29) is 35.8 Å². The van der Waals surface area contributed by atoms with Crippen LogP contribution in [0.15, 0.2) is 23.2 Å². The Hall–Kier alpha value is -1.95. The zero-order valence-electron chi connectivity index (χ0n) is 15.3. The Morgan fingerprint density at radius 3 is 3.00 bits per heavy atom. The van der Waals surface area contributed by atoms with E-state index in [1.165, 1.54) is 12.1 Å². The molecule has 1 aromatic carbocycles. The topological polar surface area (TPSA) is 96.6 Å². The summed E-state index contributed by atoms with van der Waals surface area (Å²) in [5, 5.41) is 20.2. The number of aromatic hydroxyl groups is 1. The Kier molecular flexibility index (Phi) is 7.78. The van der Waals surface area contributed by atoms with Crippen molar-refractivity contribution in [3.63, 3.8) is 0 Å². The van der Waals surface area contributed by atoms with Gasteiger partial charge in [-0.15, -0.1) is 24.0 Å². The fourth-order valence-corrected chi connectivity index (χ4v) is 2.90. The maximum Gasteiger partial charge on any atom is 0.191 e. The highest BCUT2D eigenvalue weighted by Crippen LogP contribution is 2.16. The number of nitrogens with one attached hydrogen (secondary N) is 2. The van der Waals surface area contributed by atoms with Crippen LogP contribution < -0.4 is 10.6 Å². The minimum absolute atomic E-state index is 0. The molecule has 0 fully saturated rings. The molecule has 8 nitrogen and oxygen atoms in total. The van der Waals surface area contributed by atoms with Gasteiger partial charge in [0.15, 0.2) is 23.4 Å². The third kappa shape index (κ3) is 5.51. The Morgan fingerprint density at radius 2 is 2.30 bits per heavy atom. The van der Waals surface area contributed by atoms with Gasteiger partial charge in [0, 0.05) is 33.2 Å². The first-order chi connectivity index (χ1) is 12.6. The molecule has 1 aromatic heterocycles. The number of aromatic nitrogens is 3. The van der Waals surface area contributed by atoms with Gasteiger partial charge >= 0.3 is 0 Å². The number of ether oxygens (including phenoxy) is 1. The first kappa shape index (κ1) is 21.4. The lowest BCUT2D eigenvalue weighted by Gasteiger charge is -2.25. The standard InChI is InChI=1S/C17H23FN6O2.HI/c1-19-17(20-8-11-3-5-14(25)13(18)7-11)21-12-4-6-16-22-15(10-26-2)23-24(16)9-12;/h3,5,7,12,25H,4,6,8-10H2,1-2H3,(H2,19,20,21);1H. The average molecular weight is 490 g/mol. The number of phenolic OH excluding ortho intramolecular Hbond substituents is 1. The van der Waals surface area contributed by atoms with Gasteiger partial charge in [0.1, 0.15) is 12.4 Å². The molecule has 0 bridgehead atoms. The largest absolute Gasteiger partial charge is 0.505 e. The molecule has 0 spiro atoms. The molecular weight excluding hydrogens is 466 g/mol. The highest BCUT2D eigenvalue weighted by molar-refractivity contribution is 14.0. The Labute approximate surface area is 174 Å². The number of guanidine groups is 1. The predicted octanol–water partition coefficient (Wildman–Crippen LogP) is 1.57. The number of hydrogen-bond acceptors (Lipinski definition) is 5. The average Bonchev–Trinajstić information content (AvgIpc) is 3.03. The van der Waals surface area contributed by atoms with Crippen LogP contribution in [0.4, 0.5) is 4.39 Å². The fourth-order valence-electron chi connectivity index (χ4n) is 2.90. The summed E-state index contributed by atoms with van der Waals surface area (Å²) in [6, 6.07) is 4.48. The van der Waals surface area contributed by atoms with Crippen molar-refractivity contribution in [1.82, 2.24) is 25.4 Å². The van der Waals surface area contributed by atoms with Gasteiger partial charge in [-0.2, -0.15) is 5.10 Å². The monoisotopic (exact) mass is 490 g/mol. The van der Waals surface area contributed by atoms with E-state index in [0.717, 1.165) is 24.2 Å². The second kappa shape index (κ2) is 9.83. The van der Waals surface area contributed by atoms with Crippen molar-refractivity contribution in [2.75, 3.05) is 14.2 Å². The van der Waals surface area contributed by atoms with Crippen molar-refractivity contribution >= 4 is 29.9 Å². The number of methoxy groups -OCH3 is 1. The lowest BCUT2D eigenvalue weighted by molar-refractivity contribution is 0.177. The van der Waals surface area contributed by atoms with Crippen LogP contribution in [0.3, 0.4) is 0 Å². The summed E-state index contributed by atoms with van der Waals surface area (Å²) >= 11 is 0. The van der Waals surface area contributed by atoms with Crippen molar-refractivity contribution in [3.05, 3.63) is 41.2 Å². The molecule has 2 aromatic rings. The molecule has 148 valence electrons. The highest BCUT2D eigenvalue weighted by Gasteiger charge is 2.22. The van der Waals surface area contributed by atoms with E-state index in [4.69, 9.17) is 4.74 Å². The number of phenols is 1. The van der Waals surface area contributed by atoms with Crippen molar-refractivity contribution in [1.29, 1.82) is 0 Å². The lowest BCUT2D eigenvalue weighted by atomic mass is 10.1. The van der Waals surface area contributed by atoms with E-state index in [1.807, 2.05) is 4.68 Å². The summed E-state index contributed by atoms with van der Waals surface area (Å²) < 4.78 is 20.4. The number of nitrogens with zero attached hydrogens (tertiary/aromatic N) is 4. The molecule has 0 aliphatic carbocycles. The molecular formula is C17H24FIN6O2. The first-order valence-corrected chi connectivity index (χ1v) is 8.45. The van der Waals surface area contributed by atoms with Gasteiger partial charge in [-0.1, -0.05) is 6.07 Å². The first-order valence-electron chi connectivity index (χ1n) is 8.45. The van der Waals surface area contributed by atoms with Crippen molar-refractivity contribution in [3.8, 4) is 5.75 Å². The minimum atomic E-state index is -0.634. The van der Waals surface area contributed by atoms with Crippen molar-refractivity contribution in [2.45, 2.75) is 38.6 Å². The SMILES string of the molecule is CN=C(NCc1ccc(O)c(F)c1)NC1CCc2nc(COC)nn2C1.I. The van der Waals surface area contributed by atoms with Crippen LogP contribution in [0.25, 0.3) is 0 Å². The maximum absolute atomic E-state index is 13.4. The predicted molar refractivity (Wildman–Crippen MR) is 110 cm³/mol. The maximum atomic E-state index is 13.4. The number of aliphatic imine (C=N–C) groups is 1. The molecule has 1 atom stereocenters. The van der Waals surface area contributed by atoms with E-state index in [9.17, 15) is 9.50 Å². The zero-order chi connectivity index (χ0) is 18.5. The van der Waals surface area contributed by atoms with Gasteiger partial charge in [-0.25, -0.2) is 14.1 Å². The third-order valence-electron chi connectivity index (χ3n) is 4.21. The van der Waals surface area contributed by atoms with Gasteiger partial charge in [-0.3, -0.25) is 4.99 Å². The van der Waals surface area contributed by atoms with Crippen LogP contribution in [0.2, 0.25) is 0 Å². The summed E-state index contributed by atoms with van der Waals surface area (Å²) in [6.07, 6.45) is 1.74. The molecule has 0 saturated carbocycles. The highest BCUT2D eigenvalue weighted by atomic mass is 127. The molecule has 10 heteroatoms. The van der Waals surface area contributed by atoms with Crippen LogP contribution in [0.1, 0.15) is 23.6 Å². The molecule has 0 radical (unpaired) electrons. The molecule has 2 heterocycles. The number of fused-ring (bicyclic) bond motifs is 1. The summed E-state index contributed by atoms with van der Waals surface area (Å²) in [6.45, 7) is 1.50. The van der Waals surface area contributed by atoms with Gasteiger partial charge in [0.2, 0.25) is 0 Å². The van der Waals surface area contributed by atoms with Crippen molar-refractivity contribution < 1.29 is 14.2 Å². The zero-order valence-corrected chi connectivity index (χ0v) is 17.6. The van der Waals surface area contributed by atoms with E-state index >= 15 is 0 Å². The van der Waals surface area contributed by atoms with Gasteiger partial charge in [0.25, 0.3) is 0 Å². The quantitative estimate of drug-likeness (QED) is 0.335. The lowest BCUT2D eigenvalue weighted by Crippen LogP contribution is -2.46. The molecule has 3 rings (SSSR count). The Balaban J connectivity index is 0.00000261. The van der Waals surface area contributed by atoms with Crippen LogP contribution in [0, 0.1) is 5.82 Å². The summed E-state index contributed by atoms with van der Waals surface area (Å²) in [5.41, 5.74) is 0.717. The normalized spacial score (nSPS) is 16.4. The van der Waals surface area contributed by atoms with Crippen LogP contribution >= 0.6 is 24.0 Å². The fraction of sp³-hybridized carbons (Fsp3) is 0.471. The molecule has 1 unspecified atom stereocenters. The number of hydrogen-bond donors (Lipinski definition) is 3. The van der Waals surface area contributed by atoms with Crippen LogP contribution in [-0.4, -0.2) is 46.0 Å². The smallest absolute Gasteiger partial charge is 0.191 e. The summed E-state index contributed by atoms with van der Waals surface area (Å²) in [4.78, 5) is 8.68. The van der Waals surface area contributed by atoms with E-state index in [2.05, 4.69) is 25.7 Å². The number of aryl methyl sites for hydroxylation is 1. The Morgan fingerprint density at radius 1 is 1.48 bits per heavy atom. The van der Waals surface area contributed by atoms with Gasteiger partial charge in [-0.05, 0) is 24.1 Å². The van der Waals surface area contributed by atoms with E-state index in [1.54, 1.807) is 20.2 Å². The van der Waals surface area contributed by atoms with E-state index in [0.29, 0.717) is 31.5 Å². The number of halogens is 2. The van der Waals surface area contributed by atoms with Crippen LogP contribution in [0.5, 0.6) is 5.75 Å². The second-order valence-corrected chi connectivity index (χ2v) is 6.15. The molecule has 0 amide bonds. The summed E-state index contributed by atoms with van der Waals surface area (Å²) in [7, 11) is 3.31. The molecule has 0 saturated heterocycles. The summed E-state index contributed by atoms with van der Waals surface area (Å²) in [5.74, 6) is 1.31. The number of benzene rings is 1. The minimum Gasteiger partial charge on any atom is -0.505 e. The van der Waals surface area contributed by atoms with E-state index < -0.39 is 5.82 Å². The van der Waals surface area contributed by atoms with Gasteiger partial charge in [0.05, 0.1) is 6.54 Å². The Bertz CT molecular complexity index is 798. The molecule has 3 N–H and O–H groups in total. The van der Waals surface area contributed by atoms with Gasteiger partial charge < -0.3 is 20.5 Å². The third-order valence-corrected chi connectivity index (χ3v) is 4.21. The molecule has 1 aliphatic rings. The number of rotatable bonds is 5. The van der Waals surface area contributed by atoms with Crippen molar-refractivity contribution in [2.24, 2.45) is 4.99 Å².